The van der Waals surface area contributed by atoms with Gasteiger partial charge in [-0.25, -0.2) is 0 Å². The Balaban J connectivity index is 1.74. The van der Waals surface area contributed by atoms with Crippen molar-refractivity contribution in [2.45, 2.75) is 89.9 Å². The molecule has 0 amide bonds. The molecule has 0 atom stereocenters. The van der Waals surface area contributed by atoms with Crippen LogP contribution in [0.1, 0.15) is 89.0 Å². The van der Waals surface area contributed by atoms with Crippen molar-refractivity contribution in [3.05, 3.63) is 35.9 Å². The van der Waals surface area contributed by atoms with E-state index in [2.05, 4.69) is 35.1 Å². The number of ether oxygens (including phenoxy) is 1. The highest BCUT2D eigenvalue weighted by Crippen LogP contribution is 2.13. The van der Waals surface area contributed by atoms with Gasteiger partial charge < -0.3 is 4.74 Å². The van der Waals surface area contributed by atoms with Crippen molar-refractivity contribution in [1.29, 1.82) is 0 Å². The molecule has 136 valence electrons. The van der Waals surface area contributed by atoms with Crippen molar-refractivity contribution in [2.24, 2.45) is 0 Å². The smallest absolute Gasteiger partial charge is 0.305 e. The largest absolute Gasteiger partial charge is 0.469 e. The van der Waals surface area contributed by atoms with Crippen LogP contribution in [0.15, 0.2) is 30.3 Å². The molecule has 0 heterocycles. The van der Waals surface area contributed by atoms with Gasteiger partial charge in [0.1, 0.15) is 0 Å². The third-order valence-electron chi connectivity index (χ3n) is 4.67. The molecule has 1 rings (SSSR count). The van der Waals surface area contributed by atoms with E-state index in [0.717, 1.165) is 12.8 Å². The van der Waals surface area contributed by atoms with Gasteiger partial charge >= 0.3 is 5.97 Å². The molecule has 0 aliphatic carbocycles. The van der Waals surface area contributed by atoms with Gasteiger partial charge in [0.15, 0.2) is 0 Å². The summed E-state index contributed by atoms with van der Waals surface area (Å²) in [5.41, 5.74) is 1.48. The van der Waals surface area contributed by atoms with E-state index in [-0.39, 0.29) is 5.97 Å². The molecule has 0 unspecified atom stereocenters. The van der Waals surface area contributed by atoms with Gasteiger partial charge in [0.2, 0.25) is 0 Å². The summed E-state index contributed by atoms with van der Waals surface area (Å²) in [4.78, 5) is 11.0. The van der Waals surface area contributed by atoms with Gasteiger partial charge in [0.25, 0.3) is 0 Å². The van der Waals surface area contributed by atoms with E-state index in [1.54, 1.807) is 0 Å². The predicted octanol–water partition coefficient (Wildman–Crippen LogP) is 6.47. The van der Waals surface area contributed by atoms with Crippen molar-refractivity contribution in [3.63, 3.8) is 0 Å². The third kappa shape index (κ3) is 12.2. The molecule has 0 saturated carbocycles. The van der Waals surface area contributed by atoms with Crippen LogP contribution in [0.5, 0.6) is 0 Å². The van der Waals surface area contributed by atoms with E-state index >= 15 is 0 Å². The Morgan fingerprint density at radius 1 is 0.708 bits per heavy atom. The Hall–Kier alpha value is -1.31. The Morgan fingerprint density at radius 3 is 1.67 bits per heavy atom. The first-order chi connectivity index (χ1) is 11.8. The highest BCUT2D eigenvalue weighted by Gasteiger charge is 1.99. The van der Waals surface area contributed by atoms with Gasteiger partial charge in [0.05, 0.1) is 7.11 Å². The number of unbranched alkanes of at least 4 members (excludes halogenated alkanes) is 11. The van der Waals surface area contributed by atoms with Crippen LogP contribution in [-0.4, -0.2) is 13.1 Å². The molecule has 0 fully saturated rings. The fraction of sp³-hybridized carbons (Fsp3) is 0.682. The van der Waals surface area contributed by atoms with Gasteiger partial charge in [-0.3, -0.25) is 4.79 Å². The SMILES string of the molecule is COC(=O)CCCCCCCCCCCCCCc1ccccc1. The van der Waals surface area contributed by atoms with Crippen LogP contribution in [0.4, 0.5) is 0 Å². The van der Waals surface area contributed by atoms with Crippen molar-refractivity contribution in [2.75, 3.05) is 7.11 Å². The summed E-state index contributed by atoms with van der Waals surface area (Å²) in [6.45, 7) is 0. The summed E-state index contributed by atoms with van der Waals surface area (Å²) in [7, 11) is 1.46. The summed E-state index contributed by atoms with van der Waals surface area (Å²) in [6, 6.07) is 10.8. The number of carbonyl (C=O) groups excluding carboxylic acids is 1. The van der Waals surface area contributed by atoms with E-state index < -0.39 is 0 Å². The topological polar surface area (TPSA) is 26.3 Å². The van der Waals surface area contributed by atoms with Crippen LogP contribution in [-0.2, 0) is 16.0 Å². The zero-order valence-electron chi connectivity index (χ0n) is 15.6. The quantitative estimate of drug-likeness (QED) is 0.271. The molecule has 0 aliphatic rings. The summed E-state index contributed by atoms with van der Waals surface area (Å²) in [5.74, 6) is -0.0706. The molecule has 24 heavy (non-hydrogen) atoms. The molecule has 0 N–H and O–H groups in total. The number of aryl methyl sites for hydroxylation is 1. The predicted molar refractivity (Wildman–Crippen MR) is 102 cm³/mol. The van der Waals surface area contributed by atoms with Crippen molar-refractivity contribution >= 4 is 5.97 Å². The van der Waals surface area contributed by atoms with E-state index in [1.807, 2.05) is 0 Å². The van der Waals surface area contributed by atoms with E-state index in [4.69, 9.17) is 0 Å². The average Bonchev–Trinajstić information content (AvgIpc) is 2.62. The first-order valence-corrected chi connectivity index (χ1v) is 9.93. The van der Waals surface area contributed by atoms with Crippen LogP contribution in [0.25, 0.3) is 0 Å². The van der Waals surface area contributed by atoms with Crippen molar-refractivity contribution < 1.29 is 9.53 Å². The van der Waals surface area contributed by atoms with Crippen LogP contribution in [0, 0.1) is 0 Å². The molecule has 1 aromatic rings. The second-order valence-corrected chi connectivity index (χ2v) is 6.80. The van der Waals surface area contributed by atoms with E-state index in [0.29, 0.717) is 6.42 Å². The van der Waals surface area contributed by atoms with Gasteiger partial charge in [-0.05, 0) is 24.8 Å². The highest BCUT2D eigenvalue weighted by atomic mass is 16.5. The fourth-order valence-corrected chi connectivity index (χ4v) is 3.11. The van der Waals surface area contributed by atoms with Crippen LogP contribution >= 0.6 is 0 Å². The van der Waals surface area contributed by atoms with Crippen LogP contribution < -0.4 is 0 Å². The molecule has 0 saturated heterocycles. The molecule has 0 bridgehead atoms. The number of carbonyl (C=O) groups is 1. The second-order valence-electron chi connectivity index (χ2n) is 6.80. The summed E-state index contributed by atoms with van der Waals surface area (Å²) >= 11 is 0. The summed E-state index contributed by atoms with van der Waals surface area (Å²) in [6.07, 6.45) is 17.5. The summed E-state index contributed by atoms with van der Waals surface area (Å²) < 4.78 is 4.64. The Bertz CT molecular complexity index is 400. The number of rotatable bonds is 15. The molecule has 0 radical (unpaired) electrons. The summed E-state index contributed by atoms with van der Waals surface area (Å²) in [5, 5.41) is 0. The first-order valence-electron chi connectivity index (χ1n) is 9.93. The molecule has 1 aromatic carbocycles. The Morgan fingerprint density at radius 2 is 1.17 bits per heavy atom. The van der Waals surface area contributed by atoms with Gasteiger partial charge in [-0.15, -0.1) is 0 Å². The number of benzene rings is 1. The fourth-order valence-electron chi connectivity index (χ4n) is 3.11. The lowest BCUT2D eigenvalue weighted by atomic mass is 10.0. The zero-order valence-corrected chi connectivity index (χ0v) is 15.6. The van der Waals surface area contributed by atoms with Gasteiger partial charge in [0, 0.05) is 6.42 Å². The minimum atomic E-state index is -0.0706. The first kappa shape index (κ1) is 20.7. The minimum absolute atomic E-state index is 0.0706. The maximum Gasteiger partial charge on any atom is 0.305 e. The molecular weight excluding hydrogens is 296 g/mol. The Labute approximate surface area is 149 Å². The van der Waals surface area contributed by atoms with E-state index in [9.17, 15) is 4.79 Å². The zero-order chi connectivity index (χ0) is 17.3. The van der Waals surface area contributed by atoms with Crippen molar-refractivity contribution in [1.82, 2.24) is 0 Å². The van der Waals surface area contributed by atoms with Gasteiger partial charge in [-0.1, -0.05) is 94.5 Å². The maximum atomic E-state index is 11.0. The lowest BCUT2D eigenvalue weighted by Gasteiger charge is -2.04. The van der Waals surface area contributed by atoms with Crippen LogP contribution in [0.3, 0.4) is 0 Å². The highest BCUT2D eigenvalue weighted by molar-refractivity contribution is 5.68. The number of hydrogen-bond acceptors (Lipinski definition) is 2. The normalized spacial score (nSPS) is 10.7. The van der Waals surface area contributed by atoms with E-state index in [1.165, 1.54) is 83.3 Å². The molecule has 0 aliphatic heterocycles. The number of hydrogen-bond donors (Lipinski definition) is 0. The van der Waals surface area contributed by atoms with Crippen molar-refractivity contribution in [3.8, 4) is 0 Å². The minimum Gasteiger partial charge on any atom is -0.469 e. The molecular formula is C22H36O2. The molecule has 0 aromatic heterocycles. The third-order valence-corrected chi connectivity index (χ3v) is 4.67. The van der Waals surface area contributed by atoms with Crippen LogP contribution in [0.2, 0.25) is 0 Å². The number of methoxy groups -OCH3 is 1. The standard InChI is InChI=1S/C22H36O2/c1-24-22(23)20-16-11-9-7-5-3-2-4-6-8-10-13-17-21-18-14-12-15-19-21/h12,14-15,18-19H,2-11,13,16-17,20H2,1H3. The maximum absolute atomic E-state index is 11.0. The molecule has 0 spiro atoms. The lowest BCUT2D eigenvalue weighted by molar-refractivity contribution is -0.140. The average molecular weight is 333 g/mol. The molecule has 2 heteroatoms. The molecule has 2 nitrogen and oxygen atoms in total. The Kier molecular flexibility index (Phi) is 13.2. The monoisotopic (exact) mass is 332 g/mol. The lowest BCUT2D eigenvalue weighted by Crippen LogP contribution is -1.99. The van der Waals surface area contributed by atoms with Gasteiger partial charge in [-0.2, -0.15) is 0 Å². The number of esters is 1. The second kappa shape index (κ2) is 15.2.